The van der Waals surface area contributed by atoms with Gasteiger partial charge in [0.25, 0.3) is 11.5 Å². The van der Waals surface area contributed by atoms with E-state index in [1.807, 2.05) is 0 Å². The van der Waals surface area contributed by atoms with Crippen LogP contribution >= 0.6 is 15.9 Å². The van der Waals surface area contributed by atoms with Gasteiger partial charge in [-0.3, -0.25) is 4.79 Å². The maximum Gasteiger partial charge on any atom is 0.282 e. The summed E-state index contributed by atoms with van der Waals surface area (Å²) in [4.78, 5) is 12.3. The average molecular weight is 319 g/mol. The number of ketones is 1. The minimum atomic E-state index is -0.703. The number of hydrogen-bond acceptors (Lipinski definition) is 4. The number of nitrogens with zero attached hydrogens (tertiary/aromatic N) is 2. The van der Waals surface area contributed by atoms with Crippen molar-refractivity contribution in [3.8, 4) is 11.8 Å². The minimum Gasteiger partial charge on any atom is -0.618 e. The largest absolute Gasteiger partial charge is 0.618 e. The fraction of sp³-hybridized carbons (Fsp3) is 0. The van der Waals surface area contributed by atoms with E-state index in [2.05, 4.69) is 15.9 Å². The van der Waals surface area contributed by atoms with E-state index < -0.39 is 5.78 Å². The maximum absolute atomic E-state index is 12.3. The molecule has 0 saturated heterocycles. The first-order chi connectivity index (χ1) is 9.04. The fourth-order valence-electron chi connectivity index (χ4n) is 1.62. The summed E-state index contributed by atoms with van der Waals surface area (Å²) in [6.07, 6.45) is 1.13. The molecule has 1 heterocycles. The van der Waals surface area contributed by atoms with Crippen molar-refractivity contribution in [3.63, 3.8) is 0 Å². The lowest BCUT2D eigenvalue weighted by atomic mass is 10.0. The Morgan fingerprint density at radius 3 is 2.84 bits per heavy atom. The van der Waals surface area contributed by atoms with Crippen molar-refractivity contribution < 1.29 is 14.6 Å². The van der Waals surface area contributed by atoms with Gasteiger partial charge in [0.05, 0.1) is 5.56 Å². The molecule has 0 unspecified atom stereocenters. The van der Waals surface area contributed by atoms with Gasteiger partial charge in [0.1, 0.15) is 17.4 Å². The number of carbonyl (C=O) groups is 1. The molecule has 1 aromatic carbocycles. The van der Waals surface area contributed by atoms with Gasteiger partial charge in [-0.15, -0.1) is 0 Å². The number of aromatic hydroxyl groups is 1. The molecule has 19 heavy (non-hydrogen) atoms. The number of phenols is 1. The predicted octanol–water partition coefficient (Wildman–Crippen LogP) is 1.89. The van der Waals surface area contributed by atoms with Crippen LogP contribution in [0.15, 0.2) is 41.0 Å². The molecule has 0 saturated carbocycles. The van der Waals surface area contributed by atoms with E-state index in [9.17, 15) is 15.1 Å². The molecule has 0 spiro atoms. The van der Waals surface area contributed by atoms with Crippen molar-refractivity contribution in [2.75, 3.05) is 0 Å². The topological polar surface area (TPSA) is 88.0 Å². The van der Waals surface area contributed by atoms with E-state index in [-0.39, 0.29) is 22.6 Å². The molecular formula is C13H7BrN2O3. The molecule has 2 rings (SSSR count). The molecule has 2 aromatic rings. The Kier molecular flexibility index (Phi) is 3.49. The van der Waals surface area contributed by atoms with Gasteiger partial charge >= 0.3 is 0 Å². The van der Waals surface area contributed by atoms with Crippen molar-refractivity contribution in [1.82, 2.24) is 0 Å². The molecule has 0 atom stereocenters. The fourth-order valence-corrected chi connectivity index (χ4v) is 1.98. The predicted molar refractivity (Wildman–Crippen MR) is 69.4 cm³/mol. The summed E-state index contributed by atoms with van der Waals surface area (Å²) >= 11 is 3.18. The second kappa shape index (κ2) is 5.08. The summed E-state index contributed by atoms with van der Waals surface area (Å²) in [6, 6.07) is 8.83. The standard InChI is InChI=1S/C13H7BrN2O3/c14-9-3-4-11(17)10(6-9)13(18)12-8(7-15)2-1-5-16(12)19/h1-6,17H. The summed E-state index contributed by atoms with van der Waals surface area (Å²) in [5.74, 6) is -0.952. The summed E-state index contributed by atoms with van der Waals surface area (Å²) in [5.41, 5.74) is -0.387. The zero-order chi connectivity index (χ0) is 14.0. The van der Waals surface area contributed by atoms with E-state index in [0.29, 0.717) is 9.20 Å². The van der Waals surface area contributed by atoms with Crippen molar-refractivity contribution >= 4 is 21.7 Å². The molecule has 0 fully saturated rings. The highest BCUT2D eigenvalue weighted by atomic mass is 79.9. The first-order valence-corrected chi connectivity index (χ1v) is 5.99. The van der Waals surface area contributed by atoms with Crippen LogP contribution in [-0.2, 0) is 0 Å². The summed E-state index contributed by atoms with van der Waals surface area (Å²) < 4.78 is 0.904. The molecule has 0 amide bonds. The minimum absolute atomic E-state index is 0.0399. The van der Waals surface area contributed by atoms with Crippen LogP contribution in [0.2, 0.25) is 0 Å². The number of halogens is 1. The number of aromatic nitrogens is 1. The molecule has 1 aromatic heterocycles. The second-order valence-electron chi connectivity index (χ2n) is 3.70. The third-order valence-electron chi connectivity index (χ3n) is 2.50. The van der Waals surface area contributed by atoms with Gasteiger partial charge in [0, 0.05) is 10.5 Å². The van der Waals surface area contributed by atoms with Crippen LogP contribution < -0.4 is 4.73 Å². The molecule has 0 aliphatic rings. The van der Waals surface area contributed by atoms with Crippen LogP contribution in [-0.4, -0.2) is 10.9 Å². The van der Waals surface area contributed by atoms with Gasteiger partial charge in [-0.25, -0.2) is 0 Å². The summed E-state index contributed by atoms with van der Waals surface area (Å²) in [6.45, 7) is 0. The Hall–Kier alpha value is -2.39. The normalized spacial score (nSPS) is 9.89. The Morgan fingerprint density at radius 1 is 1.42 bits per heavy atom. The van der Waals surface area contributed by atoms with E-state index in [1.54, 1.807) is 12.1 Å². The van der Waals surface area contributed by atoms with Crippen LogP contribution in [0.3, 0.4) is 0 Å². The van der Waals surface area contributed by atoms with Crippen LogP contribution in [0, 0.1) is 16.5 Å². The Bertz CT molecular complexity index is 708. The number of carbonyl (C=O) groups excluding carboxylic acids is 1. The van der Waals surface area contributed by atoms with Gasteiger partial charge in [-0.2, -0.15) is 9.99 Å². The number of phenolic OH excluding ortho intramolecular Hbond substituents is 1. The first kappa shape index (κ1) is 13.1. The molecule has 0 bridgehead atoms. The van der Waals surface area contributed by atoms with Crippen molar-refractivity contribution in [2.45, 2.75) is 0 Å². The highest BCUT2D eigenvalue weighted by Gasteiger charge is 2.25. The molecule has 0 aliphatic heterocycles. The monoisotopic (exact) mass is 318 g/mol. The lowest BCUT2D eigenvalue weighted by Crippen LogP contribution is -2.35. The van der Waals surface area contributed by atoms with Gasteiger partial charge in [0.2, 0.25) is 0 Å². The smallest absolute Gasteiger partial charge is 0.282 e. The number of rotatable bonds is 2. The van der Waals surface area contributed by atoms with Crippen molar-refractivity contribution in [2.24, 2.45) is 0 Å². The summed E-state index contributed by atoms with van der Waals surface area (Å²) in [5, 5.41) is 30.3. The number of pyridine rings is 1. The third-order valence-corrected chi connectivity index (χ3v) is 2.99. The maximum atomic E-state index is 12.3. The zero-order valence-corrected chi connectivity index (χ0v) is 11.1. The van der Waals surface area contributed by atoms with Crippen LogP contribution in [0.25, 0.3) is 0 Å². The Morgan fingerprint density at radius 2 is 2.16 bits per heavy atom. The Labute approximate surface area is 117 Å². The molecule has 94 valence electrons. The average Bonchev–Trinajstić information content (AvgIpc) is 2.40. The third kappa shape index (κ3) is 2.41. The van der Waals surface area contributed by atoms with Gasteiger partial charge in [-0.05, 0) is 24.3 Å². The summed E-state index contributed by atoms with van der Waals surface area (Å²) in [7, 11) is 0. The van der Waals surface area contributed by atoms with E-state index >= 15 is 0 Å². The van der Waals surface area contributed by atoms with E-state index in [4.69, 9.17) is 5.26 Å². The molecule has 6 heteroatoms. The number of benzene rings is 1. The highest BCUT2D eigenvalue weighted by Crippen LogP contribution is 2.24. The van der Waals surface area contributed by atoms with Crippen molar-refractivity contribution in [1.29, 1.82) is 5.26 Å². The van der Waals surface area contributed by atoms with Gasteiger partial charge < -0.3 is 10.3 Å². The molecule has 0 radical (unpaired) electrons. The van der Waals surface area contributed by atoms with Crippen LogP contribution in [0.4, 0.5) is 0 Å². The number of nitriles is 1. The Balaban J connectivity index is 2.63. The van der Waals surface area contributed by atoms with Crippen molar-refractivity contribution in [3.05, 3.63) is 63.0 Å². The SMILES string of the molecule is N#Cc1ccc[n+]([O-])c1C(=O)c1cc(Br)ccc1O. The van der Waals surface area contributed by atoms with Gasteiger partial charge in [0.15, 0.2) is 6.20 Å². The van der Waals surface area contributed by atoms with E-state index in [0.717, 1.165) is 6.20 Å². The van der Waals surface area contributed by atoms with Crippen LogP contribution in [0.1, 0.15) is 21.6 Å². The number of hydrogen-bond donors (Lipinski definition) is 1. The zero-order valence-electron chi connectivity index (χ0n) is 9.50. The molecule has 1 N–H and O–H groups in total. The molecular weight excluding hydrogens is 312 g/mol. The quantitative estimate of drug-likeness (QED) is 0.520. The van der Waals surface area contributed by atoms with Gasteiger partial charge in [-0.1, -0.05) is 15.9 Å². The van der Waals surface area contributed by atoms with E-state index in [1.165, 1.54) is 24.3 Å². The lowest BCUT2D eigenvalue weighted by molar-refractivity contribution is -0.607. The molecule has 5 nitrogen and oxygen atoms in total. The first-order valence-electron chi connectivity index (χ1n) is 5.20. The highest BCUT2D eigenvalue weighted by molar-refractivity contribution is 9.10. The second-order valence-corrected chi connectivity index (χ2v) is 4.61. The lowest BCUT2D eigenvalue weighted by Gasteiger charge is -2.06. The molecule has 0 aliphatic carbocycles. The van der Waals surface area contributed by atoms with Crippen LogP contribution in [0.5, 0.6) is 5.75 Å².